The van der Waals surface area contributed by atoms with Crippen LogP contribution in [-0.2, 0) is 15.0 Å². The van der Waals surface area contributed by atoms with Crippen LogP contribution in [-0.4, -0.2) is 35.6 Å². The molecule has 0 saturated heterocycles. The first-order chi connectivity index (χ1) is 7.77. The Hall–Kier alpha value is -1.63. The van der Waals surface area contributed by atoms with Crippen LogP contribution in [0.25, 0.3) is 0 Å². The summed E-state index contributed by atoms with van der Waals surface area (Å²) in [7, 11) is -0.591. The highest BCUT2D eigenvalue weighted by atomic mass is 32.3. The second-order valence-corrected chi connectivity index (χ2v) is 4.82. The van der Waals surface area contributed by atoms with Crippen molar-refractivity contribution >= 4 is 21.9 Å². The second-order valence-electron chi connectivity index (χ2n) is 3.51. The van der Waals surface area contributed by atoms with E-state index in [1.54, 1.807) is 14.1 Å². The van der Waals surface area contributed by atoms with Gasteiger partial charge in [0.15, 0.2) is 0 Å². The third-order valence-corrected chi connectivity index (χ3v) is 2.98. The van der Waals surface area contributed by atoms with E-state index in [-0.39, 0.29) is 11.3 Å². The molecule has 0 unspecified atom stereocenters. The maximum atomic E-state index is 13.1. The molecule has 0 N–H and O–H groups in total. The van der Waals surface area contributed by atoms with Crippen molar-refractivity contribution in [2.45, 2.75) is 4.90 Å². The fourth-order valence-corrected chi connectivity index (χ4v) is 2.09. The third kappa shape index (κ3) is 2.94. The molecule has 0 aliphatic carbocycles. The summed E-state index contributed by atoms with van der Waals surface area (Å²) in [6.07, 6.45) is 0. The zero-order valence-electron chi connectivity index (χ0n) is 9.60. The lowest BCUT2D eigenvalue weighted by molar-refractivity contribution is 0.0600. The molecule has 1 rings (SSSR count). The van der Waals surface area contributed by atoms with Crippen LogP contribution in [0.2, 0.25) is 0 Å². The van der Waals surface area contributed by atoms with Gasteiger partial charge in [0.1, 0.15) is 4.90 Å². The molecule has 0 saturated carbocycles. The van der Waals surface area contributed by atoms with Crippen LogP contribution in [0.5, 0.6) is 0 Å². The van der Waals surface area contributed by atoms with E-state index in [9.17, 15) is 17.1 Å². The van der Waals surface area contributed by atoms with Gasteiger partial charge in [0.25, 0.3) is 0 Å². The molecule has 0 bridgehead atoms. The molecule has 0 spiro atoms. The number of halogens is 1. The van der Waals surface area contributed by atoms with Crippen molar-refractivity contribution in [2.75, 3.05) is 26.1 Å². The van der Waals surface area contributed by atoms with Gasteiger partial charge in [-0.05, 0) is 18.2 Å². The van der Waals surface area contributed by atoms with Gasteiger partial charge in [-0.15, -0.1) is 3.89 Å². The average molecular weight is 261 g/mol. The highest BCUT2D eigenvalue weighted by molar-refractivity contribution is 7.86. The molecule has 0 aliphatic heterocycles. The van der Waals surface area contributed by atoms with Crippen molar-refractivity contribution in [1.82, 2.24) is 0 Å². The number of rotatable bonds is 3. The van der Waals surface area contributed by atoms with Crippen molar-refractivity contribution < 1.29 is 21.8 Å². The van der Waals surface area contributed by atoms with Gasteiger partial charge in [-0.1, -0.05) is 0 Å². The molecular weight excluding hydrogens is 249 g/mol. The number of carbonyl (C=O) groups is 1. The number of hydrogen-bond acceptors (Lipinski definition) is 5. The predicted molar refractivity (Wildman–Crippen MR) is 60.4 cm³/mol. The van der Waals surface area contributed by atoms with E-state index in [1.807, 2.05) is 0 Å². The molecule has 1 aromatic carbocycles. The summed E-state index contributed by atoms with van der Waals surface area (Å²) in [6.45, 7) is 0. The average Bonchev–Trinajstić information content (AvgIpc) is 2.25. The number of benzene rings is 1. The van der Waals surface area contributed by atoms with Crippen molar-refractivity contribution in [3.05, 3.63) is 23.8 Å². The SMILES string of the molecule is COC(=O)c1ccc(N(C)C)c(S(=O)(=O)F)c1. The van der Waals surface area contributed by atoms with Crippen LogP contribution in [0, 0.1) is 0 Å². The summed E-state index contributed by atoms with van der Waals surface area (Å²) in [5.74, 6) is -0.722. The molecule has 0 heterocycles. The first-order valence-electron chi connectivity index (χ1n) is 4.61. The van der Waals surface area contributed by atoms with Crippen LogP contribution in [0.1, 0.15) is 10.4 Å². The van der Waals surface area contributed by atoms with Crippen LogP contribution >= 0.6 is 0 Å². The van der Waals surface area contributed by atoms with Gasteiger partial charge in [-0.2, -0.15) is 8.42 Å². The standard InChI is InChI=1S/C10H12FNO4S/c1-12(2)8-5-4-7(10(13)16-3)6-9(8)17(11,14)15/h4-6H,1-3H3. The first-order valence-corrected chi connectivity index (χ1v) is 6.00. The summed E-state index contributed by atoms with van der Waals surface area (Å²) >= 11 is 0. The molecule has 7 heteroatoms. The molecule has 1 aromatic rings. The van der Waals surface area contributed by atoms with Crippen LogP contribution in [0.15, 0.2) is 23.1 Å². The molecule has 17 heavy (non-hydrogen) atoms. The van der Waals surface area contributed by atoms with Gasteiger partial charge < -0.3 is 9.64 Å². The lowest BCUT2D eigenvalue weighted by Gasteiger charge is -2.15. The highest BCUT2D eigenvalue weighted by Crippen LogP contribution is 2.26. The summed E-state index contributed by atoms with van der Waals surface area (Å²) in [6, 6.07) is 3.67. The molecule has 0 fully saturated rings. The van der Waals surface area contributed by atoms with Crippen molar-refractivity contribution in [3.63, 3.8) is 0 Å². The molecule has 5 nitrogen and oxygen atoms in total. The fraction of sp³-hybridized carbons (Fsp3) is 0.300. The number of anilines is 1. The molecule has 0 atom stereocenters. The van der Waals surface area contributed by atoms with Gasteiger partial charge in [-0.3, -0.25) is 0 Å². The Kier molecular flexibility index (Phi) is 3.72. The minimum atomic E-state index is -4.89. The predicted octanol–water partition coefficient (Wildman–Crippen LogP) is 1.20. The smallest absolute Gasteiger partial charge is 0.337 e. The zero-order valence-corrected chi connectivity index (χ0v) is 10.4. The van der Waals surface area contributed by atoms with Crippen LogP contribution in [0.4, 0.5) is 9.57 Å². The number of esters is 1. The maximum absolute atomic E-state index is 13.1. The summed E-state index contributed by atoms with van der Waals surface area (Å²) < 4.78 is 39.5. The highest BCUT2D eigenvalue weighted by Gasteiger charge is 2.21. The van der Waals surface area contributed by atoms with Crippen LogP contribution in [0.3, 0.4) is 0 Å². The zero-order chi connectivity index (χ0) is 13.2. The van der Waals surface area contributed by atoms with Gasteiger partial charge in [0, 0.05) is 14.1 Å². The Labute approximate surface area is 99.0 Å². The quantitative estimate of drug-likeness (QED) is 0.604. The monoisotopic (exact) mass is 261 g/mol. The van der Waals surface area contributed by atoms with Gasteiger partial charge >= 0.3 is 16.2 Å². The maximum Gasteiger partial charge on any atom is 0.337 e. The van der Waals surface area contributed by atoms with Crippen molar-refractivity contribution in [1.29, 1.82) is 0 Å². The number of carbonyl (C=O) groups excluding carboxylic acids is 1. The minimum Gasteiger partial charge on any atom is -0.465 e. The van der Waals surface area contributed by atoms with E-state index in [0.717, 1.165) is 13.2 Å². The minimum absolute atomic E-state index is 0.0191. The molecule has 0 aliphatic rings. The molecule has 94 valence electrons. The summed E-state index contributed by atoms with van der Waals surface area (Å²) in [5, 5.41) is 0. The van der Waals surface area contributed by atoms with Crippen LogP contribution < -0.4 is 4.90 Å². The van der Waals surface area contributed by atoms with E-state index in [1.165, 1.54) is 17.0 Å². The topological polar surface area (TPSA) is 63.7 Å². The number of nitrogens with zero attached hydrogens (tertiary/aromatic N) is 1. The molecule has 0 aromatic heterocycles. The van der Waals surface area contributed by atoms with Gasteiger partial charge in [-0.25, -0.2) is 4.79 Å². The normalized spacial score (nSPS) is 11.1. The number of methoxy groups -OCH3 is 1. The Morgan fingerprint density at radius 2 is 1.94 bits per heavy atom. The Morgan fingerprint density at radius 3 is 2.35 bits per heavy atom. The lowest BCUT2D eigenvalue weighted by atomic mass is 10.2. The summed E-state index contributed by atoms with van der Waals surface area (Å²) in [4.78, 5) is 12.1. The third-order valence-electron chi connectivity index (χ3n) is 2.13. The van der Waals surface area contributed by atoms with E-state index < -0.39 is 21.1 Å². The second kappa shape index (κ2) is 4.70. The Bertz CT molecular complexity index is 539. The Balaban J connectivity index is 3.45. The van der Waals surface area contributed by atoms with Gasteiger partial charge in [0.2, 0.25) is 0 Å². The van der Waals surface area contributed by atoms with E-state index in [2.05, 4.69) is 4.74 Å². The number of ether oxygens (including phenoxy) is 1. The van der Waals surface area contributed by atoms with E-state index in [0.29, 0.717) is 0 Å². The Morgan fingerprint density at radius 1 is 1.35 bits per heavy atom. The number of hydrogen-bond donors (Lipinski definition) is 0. The molecule has 0 amide bonds. The molecule has 0 radical (unpaired) electrons. The molecular formula is C10H12FNO4S. The fourth-order valence-electron chi connectivity index (χ4n) is 1.32. The first kappa shape index (κ1) is 13.4. The van der Waals surface area contributed by atoms with Crippen molar-refractivity contribution in [2.24, 2.45) is 0 Å². The summed E-state index contributed by atoms with van der Waals surface area (Å²) in [5.41, 5.74) is 0.148. The van der Waals surface area contributed by atoms with E-state index in [4.69, 9.17) is 0 Å². The van der Waals surface area contributed by atoms with Crippen molar-refractivity contribution in [3.8, 4) is 0 Å². The lowest BCUT2D eigenvalue weighted by Crippen LogP contribution is -2.13. The largest absolute Gasteiger partial charge is 0.465 e. The van der Waals surface area contributed by atoms with E-state index >= 15 is 0 Å². The van der Waals surface area contributed by atoms with Gasteiger partial charge in [0.05, 0.1) is 18.4 Å².